The van der Waals surface area contributed by atoms with E-state index in [1.54, 1.807) is 37.0 Å². The van der Waals surface area contributed by atoms with Gasteiger partial charge in [-0.3, -0.25) is 19.3 Å². The number of carbonyl (C=O) groups is 4. The summed E-state index contributed by atoms with van der Waals surface area (Å²) in [5.74, 6) is -0.631. The molecule has 0 bridgehead atoms. The van der Waals surface area contributed by atoms with Crippen LogP contribution in [0.5, 0.6) is 11.5 Å². The number of halogens is 1. The Morgan fingerprint density at radius 1 is 1.08 bits per heavy atom. The molecule has 4 rings (SSSR count). The molecule has 0 unspecified atom stereocenters. The summed E-state index contributed by atoms with van der Waals surface area (Å²) in [5.41, 5.74) is 2.86. The number of fused-ring (bicyclic) bond motifs is 1. The second kappa shape index (κ2) is 12.5. The van der Waals surface area contributed by atoms with Crippen LogP contribution < -0.4 is 9.47 Å². The van der Waals surface area contributed by atoms with Crippen molar-refractivity contribution in [1.29, 1.82) is 0 Å². The maximum absolute atomic E-state index is 13.1. The molecule has 200 valence electrons. The van der Waals surface area contributed by atoms with E-state index in [9.17, 15) is 19.2 Å². The summed E-state index contributed by atoms with van der Waals surface area (Å²) in [4.78, 5) is 53.2. The molecular weight excluding hydrogens is 576 g/mol. The normalized spacial score (nSPS) is 16.0. The number of imide groups is 1. The fourth-order valence-electron chi connectivity index (χ4n) is 4.14. The van der Waals surface area contributed by atoms with E-state index in [1.165, 1.54) is 5.56 Å². The molecule has 38 heavy (non-hydrogen) atoms. The fourth-order valence-corrected chi connectivity index (χ4v) is 5.55. The zero-order valence-corrected chi connectivity index (χ0v) is 23.4. The van der Waals surface area contributed by atoms with Crippen molar-refractivity contribution in [2.24, 2.45) is 0 Å². The van der Waals surface area contributed by atoms with Crippen LogP contribution in [0.1, 0.15) is 30.5 Å². The third-order valence-corrected chi connectivity index (χ3v) is 7.42. The van der Waals surface area contributed by atoms with E-state index >= 15 is 0 Å². The Labute approximate surface area is 233 Å². The van der Waals surface area contributed by atoms with Crippen LogP contribution in [0.3, 0.4) is 0 Å². The van der Waals surface area contributed by atoms with Crippen molar-refractivity contribution in [1.82, 2.24) is 9.80 Å². The van der Waals surface area contributed by atoms with Crippen LogP contribution in [0.15, 0.2) is 45.8 Å². The quantitative estimate of drug-likeness (QED) is 0.307. The Balaban J connectivity index is 1.47. The highest BCUT2D eigenvalue weighted by Crippen LogP contribution is 2.39. The molecule has 2 heterocycles. The first-order chi connectivity index (χ1) is 18.3. The smallest absolute Gasteiger partial charge is 0.344 e. The van der Waals surface area contributed by atoms with Crippen molar-refractivity contribution in [3.63, 3.8) is 0 Å². The minimum absolute atomic E-state index is 0.196. The Bertz CT molecular complexity index is 1300. The number of hydrogen-bond acceptors (Lipinski definition) is 8. The molecule has 0 atom stereocenters. The highest BCUT2D eigenvalue weighted by atomic mass is 79.9. The van der Waals surface area contributed by atoms with Crippen molar-refractivity contribution < 1.29 is 33.4 Å². The average molecular weight is 603 g/mol. The van der Waals surface area contributed by atoms with Crippen LogP contribution in [-0.2, 0) is 32.1 Å². The molecule has 3 amide bonds. The molecule has 0 aliphatic carbocycles. The van der Waals surface area contributed by atoms with Gasteiger partial charge in [0.25, 0.3) is 11.1 Å². The molecule has 2 aromatic rings. The summed E-state index contributed by atoms with van der Waals surface area (Å²) >= 11 is 4.21. The molecule has 9 nitrogen and oxygen atoms in total. The largest absolute Gasteiger partial charge is 0.490 e. The molecule has 2 aromatic carbocycles. The zero-order chi connectivity index (χ0) is 27.2. The molecule has 1 fully saturated rings. The van der Waals surface area contributed by atoms with Gasteiger partial charge in [0, 0.05) is 13.1 Å². The van der Waals surface area contributed by atoms with Gasteiger partial charge in [0.1, 0.15) is 6.54 Å². The monoisotopic (exact) mass is 602 g/mol. The second-order valence-electron chi connectivity index (χ2n) is 8.46. The van der Waals surface area contributed by atoms with E-state index in [4.69, 9.17) is 14.2 Å². The second-order valence-corrected chi connectivity index (χ2v) is 10.3. The molecule has 2 aliphatic heterocycles. The van der Waals surface area contributed by atoms with Gasteiger partial charge in [-0.05, 0) is 82.9 Å². The number of nitrogens with zero attached hydrogens (tertiary/aromatic N) is 2. The first-order valence-electron chi connectivity index (χ1n) is 12.1. The number of thioether (sulfide) groups is 1. The molecule has 2 aliphatic rings. The molecule has 0 aromatic heterocycles. The van der Waals surface area contributed by atoms with E-state index < -0.39 is 17.1 Å². The zero-order valence-electron chi connectivity index (χ0n) is 21.0. The van der Waals surface area contributed by atoms with Crippen molar-refractivity contribution in [2.75, 3.05) is 32.9 Å². The lowest BCUT2D eigenvalue weighted by Gasteiger charge is -2.29. The summed E-state index contributed by atoms with van der Waals surface area (Å²) in [6, 6.07) is 11.3. The van der Waals surface area contributed by atoms with Gasteiger partial charge >= 0.3 is 5.97 Å². The SMILES string of the molecule is CCOC(=O)COc1c(Br)cc(/C=C2\SC(=O)N(CC(=O)N3CCc4ccccc4C3)C2=O)cc1OCC. The molecule has 0 N–H and O–H groups in total. The van der Waals surface area contributed by atoms with E-state index in [2.05, 4.69) is 15.9 Å². The lowest BCUT2D eigenvalue weighted by Crippen LogP contribution is -2.44. The van der Waals surface area contributed by atoms with Gasteiger partial charge in [0.05, 0.1) is 22.6 Å². The van der Waals surface area contributed by atoms with Crippen LogP contribution in [0, 0.1) is 0 Å². The van der Waals surface area contributed by atoms with Crippen molar-refractivity contribution in [2.45, 2.75) is 26.8 Å². The first kappa shape index (κ1) is 27.7. The Morgan fingerprint density at radius 3 is 2.58 bits per heavy atom. The van der Waals surface area contributed by atoms with Crippen LogP contribution in [-0.4, -0.2) is 65.7 Å². The lowest BCUT2D eigenvalue weighted by molar-refractivity contribution is -0.145. The van der Waals surface area contributed by atoms with Crippen molar-refractivity contribution >= 4 is 56.8 Å². The Hall–Kier alpha value is -3.31. The van der Waals surface area contributed by atoms with Crippen LogP contribution in [0.4, 0.5) is 4.79 Å². The van der Waals surface area contributed by atoms with E-state index in [0.717, 1.165) is 28.6 Å². The predicted octanol–water partition coefficient (Wildman–Crippen LogP) is 4.41. The van der Waals surface area contributed by atoms with E-state index in [1.807, 2.05) is 24.3 Å². The van der Waals surface area contributed by atoms with Gasteiger partial charge in [-0.1, -0.05) is 24.3 Å². The summed E-state index contributed by atoms with van der Waals surface area (Å²) < 4.78 is 16.7. The number of amides is 3. The maximum Gasteiger partial charge on any atom is 0.344 e. The fraction of sp³-hybridized carbons (Fsp3) is 0.333. The van der Waals surface area contributed by atoms with Gasteiger partial charge < -0.3 is 19.1 Å². The number of benzene rings is 2. The summed E-state index contributed by atoms with van der Waals surface area (Å²) in [6.45, 7) is 4.50. The topological polar surface area (TPSA) is 102 Å². The van der Waals surface area contributed by atoms with Gasteiger partial charge in [-0.25, -0.2) is 4.79 Å². The van der Waals surface area contributed by atoms with Crippen LogP contribution in [0.2, 0.25) is 0 Å². The predicted molar refractivity (Wildman–Crippen MR) is 146 cm³/mol. The summed E-state index contributed by atoms with van der Waals surface area (Å²) in [6.07, 6.45) is 2.30. The van der Waals surface area contributed by atoms with Crippen molar-refractivity contribution in [3.8, 4) is 11.5 Å². The van der Waals surface area contributed by atoms with Crippen LogP contribution >= 0.6 is 27.7 Å². The van der Waals surface area contributed by atoms with Gasteiger partial charge in [-0.15, -0.1) is 0 Å². The third kappa shape index (κ3) is 6.39. The van der Waals surface area contributed by atoms with E-state index in [-0.39, 0.29) is 30.6 Å². The van der Waals surface area contributed by atoms with Gasteiger partial charge in [0.15, 0.2) is 18.1 Å². The highest BCUT2D eigenvalue weighted by molar-refractivity contribution is 9.10. The van der Waals surface area contributed by atoms with Gasteiger partial charge in [-0.2, -0.15) is 0 Å². The molecule has 11 heteroatoms. The van der Waals surface area contributed by atoms with Crippen molar-refractivity contribution in [3.05, 3.63) is 62.5 Å². The van der Waals surface area contributed by atoms with E-state index in [0.29, 0.717) is 41.2 Å². The first-order valence-corrected chi connectivity index (χ1v) is 13.8. The molecule has 0 spiro atoms. The number of carbonyl (C=O) groups excluding carboxylic acids is 4. The highest BCUT2D eigenvalue weighted by Gasteiger charge is 2.37. The standard InChI is InChI=1S/C27H27BrN2O7S/c1-3-35-21-12-17(11-20(28)25(21)37-16-24(32)36-4-2)13-22-26(33)30(27(34)38-22)15-23(31)29-10-9-18-7-5-6-8-19(18)14-29/h5-8,11-13H,3-4,9-10,14-16H2,1-2H3/b22-13-. The minimum atomic E-state index is -0.525. The summed E-state index contributed by atoms with van der Waals surface area (Å²) in [5, 5.41) is -0.495. The third-order valence-electron chi connectivity index (χ3n) is 5.92. The Kier molecular flexibility index (Phi) is 9.11. The Morgan fingerprint density at radius 2 is 1.84 bits per heavy atom. The number of hydrogen-bond donors (Lipinski definition) is 0. The number of ether oxygens (including phenoxy) is 3. The summed E-state index contributed by atoms with van der Waals surface area (Å²) in [7, 11) is 0. The number of esters is 1. The lowest BCUT2D eigenvalue weighted by atomic mass is 10.00. The minimum Gasteiger partial charge on any atom is -0.490 e. The van der Waals surface area contributed by atoms with Crippen LogP contribution in [0.25, 0.3) is 6.08 Å². The average Bonchev–Trinajstić information content (AvgIpc) is 3.15. The maximum atomic E-state index is 13.1. The van der Waals surface area contributed by atoms with Gasteiger partial charge in [0.2, 0.25) is 5.91 Å². The molecule has 0 radical (unpaired) electrons. The molecular formula is C27H27BrN2O7S. The number of rotatable bonds is 9. The molecule has 1 saturated heterocycles. The molecule has 0 saturated carbocycles.